The van der Waals surface area contributed by atoms with Gasteiger partial charge in [0.1, 0.15) is 15.7 Å². The van der Waals surface area contributed by atoms with Gasteiger partial charge >= 0.3 is 0 Å². The maximum absolute atomic E-state index is 13.6. The van der Waals surface area contributed by atoms with E-state index in [2.05, 4.69) is 5.32 Å². The monoisotopic (exact) mass is 300 g/mol. The van der Waals surface area contributed by atoms with Gasteiger partial charge in [0.25, 0.3) is 0 Å². The number of carbonyl (C=O) groups is 1. The lowest BCUT2D eigenvalue weighted by atomic mass is 10.1. The molecule has 1 heterocycles. The van der Waals surface area contributed by atoms with Crippen molar-refractivity contribution in [3.63, 3.8) is 0 Å². The summed E-state index contributed by atoms with van der Waals surface area (Å²) < 4.78 is 36.2. The van der Waals surface area contributed by atoms with E-state index < -0.39 is 21.6 Å². The molecule has 1 aromatic rings. The van der Waals surface area contributed by atoms with Crippen molar-refractivity contribution in [2.24, 2.45) is 5.73 Å². The van der Waals surface area contributed by atoms with Crippen LogP contribution in [-0.4, -0.2) is 31.9 Å². The molecule has 0 radical (unpaired) electrons. The molecule has 1 fully saturated rings. The molecule has 1 aliphatic heterocycles. The van der Waals surface area contributed by atoms with E-state index in [4.69, 9.17) is 5.73 Å². The average Bonchev–Trinajstić information content (AvgIpc) is 2.39. The summed E-state index contributed by atoms with van der Waals surface area (Å²) in [6.45, 7) is 0.248. The summed E-state index contributed by atoms with van der Waals surface area (Å²) in [4.78, 5) is 11.1. The first-order valence-corrected chi connectivity index (χ1v) is 8.21. The van der Waals surface area contributed by atoms with E-state index in [0.29, 0.717) is 18.4 Å². The predicted octanol–water partition coefficient (Wildman–Crippen LogP) is 0.591. The topological polar surface area (TPSA) is 89.3 Å². The number of sulfone groups is 1. The van der Waals surface area contributed by atoms with Crippen LogP contribution in [0.2, 0.25) is 0 Å². The molecule has 1 amide bonds. The molecule has 3 N–H and O–H groups in total. The van der Waals surface area contributed by atoms with Crippen molar-refractivity contribution in [1.82, 2.24) is 5.32 Å². The highest BCUT2D eigenvalue weighted by atomic mass is 32.2. The molecule has 1 aliphatic rings. The number of benzene rings is 1. The van der Waals surface area contributed by atoms with E-state index >= 15 is 0 Å². The summed E-state index contributed by atoms with van der Waals surface area (Å²) in [6, 6.07) is 4.02. The van der Waals surface area contributed by atoms with E-state index in [1.165, 1.54) is 18.2 Å². The SMILES string of the molecule is NC(=O)c1ccc(F)c(CNC2CCS(=O)(=O)CC2)c1. The Morgan fingerprint density at radius 2 is 2.00 bits per heavy atom. The molecule has 0 spiro atoms. The Hall–Kier alpha value is -1.47. The smallest absolute Gasteiger partial charge is 0.248 e. The fourth-order valence-corrected chi connectivity index (χ4v) is 3.70. The van der Waals surface area contributed by atoms with Gasteiger partial charge in [0.05, 0.1) is 11.5 Å². The van der Waals surface area contributed by atoms with Gasteiger partial charge in [0.2, 0.25) is 5.91 Å². The summed E-state index contributed by atoms with van der Waals surface area (Å²) >= 11 is 0. The lowest BCUT2D eigenvalue weighted by Crippen LogP contribution is -2.37. The van der Waals surface area contributed by atoms with Gasteiger partial charge in [0.15, 0.2) is 0 Å². The van der Waals surface area contributed by atoms with Gasteiger partial charge in [-0.25, -0.2) is 12.8 Å². The van der Waals surface area contributed by atoms with Crippen LogP contribution in [0.5, 0.6) is 0 Å². The molecule has 0 aromatic heterocycles. The summed E-state index contributed by atoms with van der Waals surface area (Å²) in [7, 11) is -2.90. The van der Waals surface area contributed by atoms with Crippen LogP contribution >= 0.6 is 0 Å². The zero-order valence-electron chi connectivity index (χ0n) is 10.9. The van der Waals surface area contributed by atoms with Gasteiger partial charge in [-0.1, -0.05) is 0 Å². The number of halogens is 1. The Kier molecular flexibility index (Phi) is 4.39. The van der Waals surface area contributed by atoms with Crippen LogP contribution in [0, 0.1) is 5.82 Å². The zero-order valence-corrected chi connectivity index (χ0v) is 11.7. The van der Waals surface area contributed by atoms with Crippen molar-refractivity contribution in [2.45, 2.75) is 25.4 Å². The first-order valence-electron chi connectivity index (χ1n) is 6.39. The number of primary amides is 1. The van der Waals surface area contributed by atoms with Crippen LogP contribution < -0.4 is 11.1 Å². The molecule has 7 heteroatoms. The number of rotatable bonds is 4. The molecule has 0 saturated carbocycles. The van der Waals surface area contributed by atoms with Crippen molar-refractivity contribution >= 4 is 15.7 Å². The Balaban J connectivity index is 1.97. The normalized spacial score (nSPS) is 18.9. The Labute approximate surface area is 117 Å². The Morgan fingerprint density at radius 3 is 2.60 bits per heavy atom. The van der Waals surface area contributed by atoms with Crippen LogP contribution in [-0.2, 0) is 16.4 Å². The maximum atomic E-state index is 13.6. The highest BCUT2D eigenvalue weighted by Gasteiger charge is 2.23. The van der Waals surface area contributed by atoms with Crippen LogP contribution in [0.3, 0.4) is 0 Å². The van der Waals surface area contributed by atoms with E-state index in [9.17, 15) is 17.6 Å². The van der Waals surface area contributed by atoms with Gasteiger partial charge in [-0.2, -0.15) is 0 Å². The van der Waals surface area contributed by atoms with Crippen LogP contribution in [0.1, 0.15) is 28.8 Å². The van der Waals surface area contributed by atoms with Crippen LogP contribution in [0.25, 0.3) is 0 Å². The third kappa shape index (κ3) is 3.77. The molecule has 5 nitrogen and oxygen atoms in total. The fourth-order valence-electron chi connectivity index (χ4n) is 2.21. The van der Waals surface area contributed by atoms with Crippen molar-refractivity contribution in [3.8, 4) is 0 Å². The minimum Gasteiger partial charge on any atom is -0.366 e. The van der Waals surface area contributed by atoms with Gasteiger partial charge in [-0.3, -0.25) is 4.79 Å². The van der Waals surface area contributed by atoms with E-state index in [1.807, 2.05) is 0 Å². The van der Waals surface area contributed by atoms with Crippen molar-refractivity contribution in [2.75, 3.05) is 11.5 Å². The van der Waals surface area contributed by atoms with Crippen molar-refractivity contribution in [3.05, 3.63) is 35.1 Å². The second-order valence-electron chi connectivity index (χ2n) is 4.98. The number of nitrogens with one attached hydrogen (secondary N) is 1. The summed E-state index contributed by atoms with van der Waals surface area (Å²) in [5.74, 6) is -0.691. The molecular formula is C13H17FN2O3S. The van der Waals surface area contributed by atoms with E-state index in [-0.39, 0.29) is 29.7 Å². The summed E-state index contributed by atoms with van der Waals surface area (Å²) in [6.07, 6.45) is 1.05. The number of carbonyl (C=O) groups excluding carboxylic acids is 1. The van der Waals surface area contributed by atoms with Crippen LogP contribution in [0.4, 0.5) is 4.39 Å². The largest absolute Gasteiger partial charge is 0.366 e. The number of amides is 1. The number of hydrogen-bond donors (Lipinski definition) is 2. The van der Waals surface area contributed by atoms with Gasteiger partial charge in [-0.05, 0) is 31.0 Å². The quantitative estimate of drug-likeness (QED) is 0.852. The van der Waals surface area contributed by atoms with E-state index in [1.54, 1.807) is 0 Å². The molecule has 0 aliphatic carbocycles. The molecule has 1 aromatic carbocycles. The molecule has 1 saturated heterocycles. The second-order valence-corrected chi connectivity index (χ2v) is 7.28. The lowest BCUT2D eigenvalue weighted by molar-refractivity contribution is 0.1000. The Bertz CT molecular complexity index is 602. The molecular weight excluding hydrogens is 283 g/mol. The average molecular weight is 300 g/mol. The summed E-state index contributed by atoms with van der Waals surface area (Å²) in [5, 5.41) is 3.13. The first-order chi connectivity index (χ1) is 9.37. The lowest BCUT2D eigenvalue weighted by Gasteiger charge is -2.23. The highest BCUT2D eigenvalue weighted by molar-refractivity contribution is 7.91. The minimum atomic E-state index is -2.90. The van der Waals surface area contributed by atoms with Crippen molar-refractivity contribution < 1.29 is 17.6 Å². The minimum absolute atomic E-state index is 0.0511. The second kappa shape index (κ2) is 5.88. The summed E-state index contributed by atoms with van der Waals surface area (Å²) in [5.41, 5.74) is 5.77. The molecule has 2 rings (SSSR count). The van der Waals surface area contributed by atoms with Gasteiger partial charge in [0, 0.05) is 23.7 Å². The third-order valence-electron chi connectivity index (χ3n) is 3.47. The molecule has 0 bridgehead atoms. The zero-order chi connectivity index (χ0) is 14.8. The Morgan fingerprint density at radius 1 is 1.35 bits per heavy atom. The first kappa shape index (κ1) is 14.9. The van der Waals surface area contributed by atoms with Crippen LogP contribution in [0.15, 0.2) is 18.2 Å². The molecule has 0 atom stereocenters. The maximum Gasteiger partial charge on any atom is 0.248 e. The fraction of sp³-hybridized carbons (Fsp3) is 0.462. The number of nitrogens with two attached hydrogens (primary N) is 1. The standard InChI is InChI=1S/C13H17FN2O3S/c14-12-2-1-9(13(15)17)7-10(12)8-16-11-3-5-20(18,19)6-4-11/h1-2,7,11,16H,3-6,8H2,(H2,15,17). The highest BCUT2D eigenvalue weighted by Crippen LogP contribution is 2.15. The molecule has 0 unspecified atom stereocenters. The number of hydrogen-bond acceptors (Lipinski definition) is 4. The predicted molar refractivity (Wildman–Crippen MR) is 73.4 cm³/mol. The van der Waals surface area contributed by atoms with Crippen molar-refractivity contribution in [1.29, 1.82) is 0 Å². The molecule has 20 heavy (non-hydrogen) atoms. The van der Waals surface area contributed by atoms with Gasteiger partial charge in [-0.15, -0.1) is 0 Å². The van der Waals surface area contributed by atoms with E-state index in [0.717, 1.165) is 0 Å². The third-order valence-corrected chi connectivity index (χ3v) is 5.18. The van der Waals surface area contributed by atoms with Gasteiger partial charge < -0.3 is 11.1 Å². The molecule has 110 valence electrons.